The molecule has 1 aromatic heterocycles. The molecule has 31 heavy (non-hydrogen) atoms. The monoisotopic (exact) mass is 462 g/mol. The third kappa shape index (κ3) is 5.61. The Balaban J connectivity index is 1.91. The number of carbonyl (C=O) groups is 2. The predicted molar refractivity (Wildman–Crippen MR) is 102 cm³/mol. The highest BCUT2D eigenvalue weighted by Crippen LogP contribution is 2.39. The normalized spacial score (nSPS) is 14.9. The maximum Gasteiger partial charge on any atom is 0.573 e. The van der Waals surface area contributed by atoms with Crippen molar-refractivity contribution in [3.8, 4) is 5.75 Å². The Hall–Kier alpha value is -2.93. The molecule has 0 atom stereocenters. The second-order valence-corrected chi connectivity index (χ2v) is 6.87. The average Bonchev–Trinajstić information content (AvgIpc) is 3.17. The topological polar surface area (TPSA) is 120 Å². The van der Waals surface area contributed by atoms with Crippen LogP contribution in [0.2, 0.25) is 5.02 Å². The summed E-state index contributed by atoms with van der Waals surface area (Å²) in [5.74, 6) is -2.53. The van der Waals surface area contributed by atoms with Gasteiger partial charge in [-0.25, -0.2) is 4.68 Å². The summed E-state index contributed by atoms with van der Waals surface area (Å²) < 4.78 is 49.0. The van der Waals surface area contributed by atoms with Crippen LogP contribution in [0.4, 0.5) is 24.8 Å². The zero-order chi connectivity index (χ0) is 22.6. The number of aryl methyl sites for hydroxylation is 1. The van der Waals surface area contributed by atoms with Crippen molar-refractivity contribution in [2.75, 3.05) is 23.8 Å². The van der Waals surface area contributed by atoms with Gasteiger partial charge in [0.15, 0.2) is 5.75 Å². The number of nitrogens with zero attached hydrogens (tertiary/aromatic N) is 4. The minimum Gasteiger partial charge on any atom is -0.404 e. The van der Waals surface area contributed by atoms with E-state index in [2.05, 4.69) is 30.9 Å². The van der Waals surface area contributed by atoms with E-state index in [1.165, 1.54) is 4.68 Å². The van der Waals surface area contributed by atoms with Gasteiger partial charge >= 0.3 is 6.36 Å². The van der Waals surface area contributed by atoms with Crippen molar-refractivity contribution in [2.45, 2.75) is 32.7 Å². The Labute approximate surface area is 179 Å². The molecule has 0 spiro atoms. The van der Waals surface area contributed by atoms with E-state index >= 15 is 0 Å². The molecule has 0 saturated carbocycles. The SMILES string of the molecule is CCn1nnnc1NC(=O)c1ccc(OC(F)(F)F)c(NC(=O)C2CCOCC2)c1Cl. The van der Waals surface area contributed by atoms with Crippen LogP contribution in [0.25, 0.3) is 0 Å². The summed E-state index contributed by atoms with van der Waals surface area (Å²) in [4.78, 5) is 25.2. The van der Waals surface area contributed by atoms with Crippen molar-refractivity contribution in [3.05, 3.63) is 22.7 Å². The first-order valence-corrected chi connectivity index (χ1v) is 9.61. The van der Waals surface area contributed by atoms with E-state index in [1.54, 1.807) is 6.92 Å². The molecular weight excluding hydrogens is 445 g/mol. The van der Waals surface area contributed by atoms with Gasteiger partial charge in [-0.3, -0.25) is 14.9 Å². The van der Waals surface area contributed by atoms with Crippen LogP contribution < -0.4 is 15.4 Å². The van der Waals surface area contributed by atoms with E-state index in [0.717, 1.165) is 12.1 Å². The Morgan fingerprint density at radius 2 is 2.00 bits per heavy atom. The molecule has 0 unspecified atom stereocenters. The molecule has 168 valence electrons. The van der Waals surface area contributed by atoms with Gasteiger partial charge in [0.2, 0.25) is 11.9 Å². The van der Waals surface area contributed by atoms with Crippen LogP contribution in [0, 0.1) is 5.92 Å². The molecular formula is C17H18ClF3N6O4. The summed E-state index contributed by atoms with van der Waals surface area (Å²) in [6.45, 7) is 2.81. The van der Waals surface area contributed by atoms with Gasteiger partial charge in [0.05, 0.1) is 10.6 Å². The summed E-state index contributed by atoms with van der Waals surface area (Å²) in [5, 5.41) is 15.1. The number of alkyl halides is 3. The Morgan fingerprint density at radius 1 is 1.29 bits per heavy atom. The first-order chi connectivity index (χ1) is 14.7. The first kappa shape index (κ1) is 22.7. The van der Waals surface area contributed by atoms with Crippen molar-refractivity contribution >= 4 is 35.1 Å². The number of carbonyl (C=O) groups excluding carboxylic acids is 2. The highest BCUT2D eigenvalue weighted by molar-refractivity contribution is 6.37. The highest BCUT2D eigenvalue weighted by Gasteiger charge is 2.34. The standard InChI is InChI=1S/C17H18ClF3N6O4/c1-2-27-16(24-25-26-27)23-15(29)10-3-4-11(31-17(19,20)21)13(12(10)18)22-14(28)9-5-7-30-8-6-9/h3-4,9H,2,5-8H2,1H3,(H,22,28)(H,23,24,26,29). The fraction of sp³-hybridized carbons (Fsp3) is 0.471. The van der Waals surface area contributed by atoms with Gasteiger partial charge in [-0.1, -0.05) is 16.7 Å². The maximum atomic E-state index is 12.8. The van der Waals surface area contributed by atoms with Crippen molar-refractivity contribution < 1.29 is 32.2 Å². The number of anilines is 2. The van der Waals surface area contributed by atoms with Crippen LogP contribution in [-0.2, 0) is 16.1 Å². The third-order valence-corrected chi connectivity index (χ3v) is 4.86. The van der Waals surface area contributed by atoms with E-state index in [0.29, 0.717) is 32.6 Å². The predicted octanol–water partition coefficient (Wildman–Crippen LogP) is 2.86. The Kier molecular flexibility index (Phi) is 6.95. The molecule has 0 radical (unpaired) electrons. The maximum absolute atomic E-state index is 12.8. The van der Waals surface area contributed by atoms with Crippen molar-refractivity contribution in [1.82, 2.24) is 20.2 Å². The van der Waals surface area contributed by atoms with Gasteiger partial charge in [-0.2, -0.15) is 0 Å². The van der Waals surface area contributed by atoms with E-state index in [-0.39, 0.29) is 11.5 Å². The lowest BCUT2D eigenvalue weighted by atomic mass is 9.99. The number of hydrogen-bond donors (Lipinski definition) is 2. The van der Waals surface area contributed by atoms with Crippen LogP contribution in [0.3, 0.4) is 0 Å². The molecule has 0 aliphatic carbocycles. The fourth-order valence-corrected chi connectivity index (χ4v) is 3.21. The second-order valence-electron chi connectivity index (χ2n) is 6.50. The van der Waals surface area contributed by atoms with Crippen molar-refractivity contribution in [3.63, 3.8) is 0 Å². The molecule has 2 N–H and O–H groups in total. The Bertz CT molecular complexity index is 962. The molecule has 1 aliphatic rings. The molecule has 10 nitrogen and oxygen atoms in total. The molecule has 14 heteroatoms. The lowest BCUT2D eigenvalue weighted by Crippen LogP contribution is -2.29. The fourth-order valence-electron chi connectivity index (χ4n) is 2.92. The number of halogens is 4. The number of hydrogen-bond acceptors (Lipinski definition) is 7. The van der Waals surface area contributed by atoms with Crippen LogP contribution in [0.5, 0.6) is 5.75 Å². The molecule has 2 heterocycles. The average molecular weight is 463 g/mol. The molecule has 3 rings (SSSR count). The third-order valence-electron chi connectivity index (χ3n) is 4.47. The quantitative estimate of drug-likeness (QED) is 0.677. The molecule has 1 aromatic carbocycles. The van der Waals surface area contributed by atoms with Crippen LogP contribution in [0.15, 0.2) is 12.1 Å². The number of amides is 2. The number of nitrogens with one attached hydrogen (secondary N) is 2. The molecule has 0 bridgehead atoms. The summed E-state index contributed by atoms with van der Waals surface area (Å²) >= 11 is 6.23. The number of ether oxygens (including phenoxy) is 2. The van der Waals surface area contributed by atoms with Crippen LogP contribution >= 0.6 is 11.6 Å². The van der Waals surface area contributed by atoms with Crippen molar-refractivity contribution in [1.29, 1.82) is 0 Å². The number of tetrazole rings is 1. The minimum absolute atomic E-state index is 0.0203. The number of rotatable bonds is 6. The molecule has 2 aromatic rings. The summed E-state index contributed by atoms with van der Waals surface area (Å²) in [7, 11) is 0. The lowest BCUT2D eigenvalue weighted by Gasteiger charge is -2.23. The van der Waals surface area contributed by atoms with Crippen molar-refractivity contribution in [2.24, 2.45) is 5.92 Å². The Morgan fingerprint density at radius 3 is 2.65 bits per heavy atom. The largest absolute Gasteiger partial charge is 0.573 e. The second kappa shape index (κ2) is 9.47. The number of aromatic nitrogens is 4. The van der Waals surface area contributed by atoms with Crippen LogP contribution in [0.1, 0.15) is 30.1 Å². The van der Waals surface area contributed by atoms with Gasteiger partial charge in [0.25, 0.3) is 5.91 Å². The molecule has 2 amide bonds. The molecule has 1 saturated heterocycles. The summed E-state index contributed by atoms with van der Waals surface area (Å²) in [5.41, 5.74) is -0.665. The molecule has 1 fully saturated rings. The van der Waals surface area contributed by atoms with Gasteiger partial charge in [-0.05, 0) is 42.3 Å². The van der Waals surface area contributed by atoms with E-state index < -0.39 is 40.6 Å². The lowest BCUT2D eigenvalue weighted by molar-refractivity contribution is -0.274. The molecule has 1 aliphatic heterocycles. The zero-order valence-electron chi connectivity index (χ0n) is 16.2. The summed E-state index contributed by atoms with van der Waals surface area (Å²) in [6, 6.07) is 1.94. The van der Waals surface area contributed by atoms with E-state index in [9.17, 15) is 22.8 Å². The van der Waals surface area contributed by atoms with Crippen LogP contribution in [-0.4, -0.2) is 51.6 Å². The van der Waals surface area contributed by atoms with Gasteiger partial charge in [0, 0.05) is 25.7 Å². The smallest absolute Gasteiger partial charge is 0.404 e. The minimum atomic E-state index is -5.03. The summed E-state index contributed by atoms with van der Waals surface area (Å²) in [6.07, 6.45) is -4.23. The zero-order valence-corrected chi connectivity index (χ0v) is 17.0. The van der Waals surface area contributed by atoms with Gasteiger partial charge in [0.1, 0.15) is 5.69 Å². The van der Waals surface area contributed by atoms with E-state index in [4.69, 9.17) is 16.3 Å². The number of benzene rings is 1. The highest BCUT2D eigenvalue weighted by atomic mass is 35.5. The van der Waals surface area contributed by atoms with Gasteiger partial charge < -0.3 is 14.8 Å². The first-order valence-electron chi connectivity index (χ1n) is 9.24. The van der Waals surface area contributed by atoms with Gasteiger partial charge in [-0.15, -0.1) is 13.2 Å². The van der Waals surface area contributed by atoms with E-state index in [1.807, 2.05) is 0 Å².